The summed E-state index contributed by atoms with van der Waals surface area (Å²) in [7, 11) is 0. The van der Waals surface area contributed by atoms with Gasteiger partial charge in [0.25, 0.3) is 5.25 Å². The predicted molar refractivity (Wildman–Crippen MR) is 78.1 cm³/mol. The highest BCUT2D eigenvalue weighted by atomic mass is 127. The predicted octanol–water partition coefficient (Wildman–Crippen LogP) is 5.35. The lowest BCUT2D eigenvalue weighted by Gasteiger charge is -2.18. The van der Waals surface area contributed by atoms with E-state index in [9.17, 15) is 8.78 Å². The number of thioether (sulfide) groups is 1. The quantitative estimate of drug-likeness (QED) is 0.339. The monoisotopic (exact) mass is 420 g/mol. The standard InChI is InChI=1S/C11H12BrF2IS/c12-7-6-9(15)8-11(13,14)16-10-4-2-1-3-5-10/h1-5,9H,6-8H2. The van der Waals surface area contributed by atoms with Gasteiger partial charge < -0.3 is 0 Å². The van der Waals surface area contributed by atoms with E-state index >= 15 is 0 Å². The van der Waals surface area contributed by atoms with Gasteiger partial charge in [0.2, 0.25) is 0 Å². The first-order chi connectivity index (χ1) is 7.53. The molecule has 16 heavy (non-hydrogen) atoms. The fourth-order valence-electron chi connectivity index (χ4n) is 1.18. The molecule has 0 aliphatic rings. The summed E-state index contributed by atoms with van der Waals surface area (Å²) >= 11 is 6.00. The van der Waals surface area contributed by atoms with Gasteiger partial charge in [-0.25, -0.2) is 0 Å². The maximum absolute atomic E-state index is 13.6. The number of hydrogen-bond donors (Lipinski definition) is 0. The Hall–Kier alpha value is 0.640. The average Bonchev–Trinajstić information content (AvgIpc) is 2.17. The van der Waals surface area contributed by atoms with Crippen molar-refractivity contribution in [3.63, 3.8) is 0 Å². The Bertz CT molecular complexity index is 308. The van der Waals surface area contributed by atoms with Crippen molar-refractivity contribution in [2.24, 2.45) is 0 Å². The van der Waals surface area contributed by atoms with Gasteiger partial charge in [0, 0.05) is 20.6 Å². The second kappa shape index (κ2) is 7.16. The molecular weight excluding hydrogens is 409 g/mol. The van der Waals surface area contributed by atoms with Crippen molar-refractivity contribution in [1.82, 2.24) is 0 Å². The molecular formula is C11H12BrF2IS. The molecule has 0 fully saturated rings. The minimum atomic E-state index is -2.69. The van der Waals surface area contributed by atoms with Crippen LogP contribution in [-0.2, 0) is 0 Å². The fourth-order valence-corrected chi connectivity index (χ4v) is 4.68. The number of halogens is 4. The Morgan fingerprint density at radius 1 is 1.31 bits per heavy atom. The molecule has 5 heteroatoms. The molecule has 0 saturated carbocycles. The molecule has 1 aromatic carbocycles. The number of hydrogen-bond acceptors (Lipinski definition) is 1. The van der Waals surface area contributed by atoms with Gasteiger partial charge in [0.15, 0.2) is 0 Å². The van der Waals surface area contributed by atoms with Crippen molar-refractivity contribution < 1.29 is 8.78 Å². The van der Waals surface area contributed by atoms with Gasteiger partial charge in [-0.05, 0) is 18.6 Å². The number of benzene rings is 1. The van der Waals surface area contributed by atoms with Crippen molar-refractivity contribution in [2.75, 3.05) is 5.33 Å². The summed E-state index contributed by atoms with van der Waals surface area (Å²) in [4.78, 5) is 0.620. The largest absolute Gasteiger partial charge is 0.299 e. The molecule has 1 atom stereocenters. The van der Waals surface area contributed by atoms with E-state index in [1.807, 2.05) is 6.07 Å². The molecule has 0 heterocycles. The van der Waals surface area contributed by atoms with Crippen LogP contribution >= 0.6 is 50.3 Å². The Morgan fingerprint density at radius 2 is 1.94 bits per heavy atom. The van der Waals surface area contributed by atoms with Gasteiger partial charge in [-0.3, -0.25) is 0 Å². The first kappa shape index (κ1) is 14.7. The maximum Gasteiger partial charge on any atom is 0.299 e. The molecule has 90 valence electrons. The Labute approximate surface area is 121 Å². The van der Waals surface area contributed by atoms with E-state index in [2.05, 4.69) is 38.5 Å². The summed E-state index contributed by atoms with van der Waals surface area (Å²) in [6.45, 7) is 0. The van der Waals surface area contributed by atoms with Gasteiger partial charge in [0.05, 0.1) is 0 Å². The molecule has 0 N–H and O–H groups in total. The van der Waals surface area contributed by atoms with Crippen LogP contribution < -0.4 is 0 Å². The maximum atomic E-state index is 13.6. The molecule has 0 aliphatic carbocycles. The molecule has 0 saturated heterocycles. The van der Waals surface area contributed by atoms with E-state index in [0.717, 1.165) is 11.8 Å². The van der Waals surface area contributed by atoms with E-state index < -0.39 is 5.25 Å². The Balaban J connectivity index is 2.51. The zero-order valence-corrected chi connectivity index (χ0v) is 13.1. The molecule has 0 bridgehead atoms. The molecule has 1 aromatic rings. The van der Waals surface area contributed by atoms with Crippen molar-refractivity contribution in [3.05, 3.63) is 30.3 Å². The van der Waals surface area contributed by atoms with Crippen LogP contribution in [0.25, 0.3) is 0 Å². The molecule has 1 rings (SSSR count). The number of rotatable bonds is 6. The van der Waals surface area contributed by atoms with Crippen molar-refractivity contribution in [2.45, 2.75) is 26.9 Å². The van der Waals surface area contributed by atoms with E-state index in [-0.39, 0.29) is 10.3 Å². The highest BCUT2D eigenvalue weighted by Crippen LogP contribution is 2.40. The van der Waals surface area contributed by atoms with Crippen LogP contribution in [0.15, 0.2) is 35.2 Å². The summed E-state index contributed by atoms with van der Waals surface area (Å²) in [5.41, 5.74) is 0. The van der Waals surface area contributed by atoms with Crippen molar-refractivity contribution in [3.8, 4) is 0 Å². The lowest BCUT2D eigenvalue weighted by Crippen LogP contribution is -2.17. The van der Waals surface area contributed by atoms with Crippen LogP contribution in [0.4, 0.5) is 8.78 Å². The molecule has 0 amide bonds. The normalized spacial score (nSPS) is 13.8. The van der Waals surface area contributed by atoms with Gasteiger partial charge in [-0.2, -0.15) is 8.78 Å². The van der Waals surface area contributed by atoms with Crippen LogP contribution in [0.5, 0.6) is 0 Å². The van der Waals surface area contributed by atoms with Crippen LogP contribution in [-0.4, -0.2) is 14.5 Å². The summed E-state index contributed by atoms with van der Waals surface area (Å²) in [6, 6.07) is 8.81. The molecule has 0 spiro atoms. The zero-order valence-electron chi connectivity index (χ0n) is 8.51. The van der Waals surface area contributed by atoms with E-state index in [1.165, 1.54) is 0 Å². The minimum absolute atomic E-state index is 0.00295. The third-order valence-corrected chi connectivity index (χ3v) is 4.39. The molecule has 0 aromatic heterocycles. The third-order valence-electron chi connectivity index (χ3n) is 1.89. The second-order valence-corrected chi connectivity index (χ2v) is 7.16. The summed E-state index contributed by atoms with van der Waals surface area (Å²) in [6.07, 6.45) is 0.685. The highest BCUT2D eigenvalue weighted by Gasteiger charge is 2.32. The molecule has 0 nitrogen and oxygen atoms in total. The first-order valence-electron chi connectivity index (χ1n) is 4.85. The topological polar surface area (TPSA) is 0 Å². The van der Waals surface area contributed by atoms with Crippen molar-refractivity contribution in [1.29, 1.82) is 0 Å². The Morgan fingerprint density at radius 3 is 2.50 bits per heavy atom. The lowest BCUT2D eigenvalue weighted by atomic mass is 10.2. The third kappa shape index (κ3) is 5.82. The van der Waals surface area contributed by atoms with E-state index in [4.69, 9.17) is 0 Å². The van der Waals surface area contributed by atoms with Gasteiger partial charge in [-0.15, -0.1) is 0 Å². The van der Waals surface area contributed by atoms with Gasteiger partial charge in [-0.1, -0.05) is 68.5 Å². The average molecular weight is 421 g/mol. The minimum Gasteiger partial charge on any atom is -0.194 e. The van der Waals surface area contributed by atoms with Gasteiger partial charge >= 0.3 is 0 Å². The highest BCUT2D eigenvalue weighted by molar-refractivity contribution is 14.1. The molecule has 1 unspecified atom stereocenters. The van der Waals surface area contributed by atoms with E-state index in [1.54, 1.807) is 24.3 Å². The van der Waals surface area contributed by atoms with E-state index in [0.29, 0.717) is 16.7 Å². The zero-order chi connectivity index (χ0) is 12.0. The van der Waals surface area contributed by atoms with Crippen LogP contribution in [0, 0.1) is 0 Å². The summed E-state index contributed by atoms with van der Waals surface area (Å²) in [5.74, 6) is 0. The first-order valence-corrected chi connectivity index (χ1v) is 8.04. The van der Waals surface area contributed by atoms with Crippen LogP contribution in [0.2, 0.25) is 0 Å². The molecule has 0 aliphatic heterocycles. The second-order valence-electron chi connectivity index (χ2n) is 3.33. The van der Waals surface area contributed by atoms with Crippen LogP contribution in [0.3, 0.4) is 0 Å². The summed E-state index contributed by atoms with van der Waals surface area (Å²) in [5, 5.41) is -1.91. The Kier molecular flexibility index (Phi) is 6.58. The number of alkyl halides is 4. The fraction of sp³-hybridized carbons (Fsp3) is 0.455. The van der Waals surface area contributed by atoms with Crippen LogP contribution in [0.1, 0.15) is 12.8 Å². The lowest BCUT2D eigenvalue weighted by molar-refractivity contribution is 0.0962. The van der Waals surface area contributed by atoms with Crippen molar-refractivity contribution >= 4 is 50.3 Å². The molecule has 0 radical (unpaired) electrons. The smallest absolute Gasteiger partial charge is 0.194 e. The summed E-state index contributed by atoms with van der Waals surface area (Å²) < 4.78 is 27.3. The SMILES string of the molecule is FC(F)(CC(I)CCBr)Sc1ccccc1. The van der Waals surface area contributed by atoms with Gasteiger partial charge in [0.1, 0.15) is 0 Å².